The van der Waals surface area contributed by atoms with Crippen LogP contribution in [0.1, 0.15) is 0 Å². The Morgan fingerprint density at radius 3 is 1.33 bits per heavy atom. The third-order valence-corrected chi connectivity index (χ3v) is 0. The zero-order valence-corrected chi connectivity index (χ0v) is 7.56. The fourth-order valence-electron chi connectivity index (χ4n) is 0. The van der Waals surface area contributed by atoms with E-state index in [1.54, 1.807) is 0 Å². The molecule has 0 radical (unpaired) electrons. The summed E-state index contributed by atoms with van der Waals surface area (Å²) in [4.78, 5) is 0. The van der Waals surface area contributed by atoms with Gasteiger partial charge >= 0.3 is 64.4 Å². The van der Waals surface area contributed by atoms with Gasteiger partial charge in [0.25, 0.3) is 0 Å². The topological polar surface area (TPSA) is 57.5 Å². The summed E-state index contributed by atoms with van der Waals surface area (Å²) < 4.78 is 23.1. The van der Waals surface area contributed by atoms with Crippen molar-refractivity contribution < 1.29 is 12.2 Å². The summed E-state index contributed by atoms with van der Waals surface area (Å²) in [6, 6.07) is 0. The molecule has 6 heteroatoms. The van der Waals surface area contributed by atoms with Crippen molar-refractivity contribution in [3.8, 4) is 0 Å². The molecule has 0 heterocycles. The summed E-state index contributed by atoms with van der Waals surface area (Å²) in [7, 11) is 0. The minimum atomic E-state index is -3.29. The minimum Gasteiger partial charge on any atom is -2.00 e. The predicted octanol–water partition coefficient (Wildman–Crippen LogP) is -2.00. The fraction of sp³-hybridized carbons (Fsp3) is 0. The van der Waals surface area contributed by atoms with Gasteiger partial charge in [0.1, 0.15) is 0 Å². The molecule has 0 atom stereocenters. The second-order valence-corrected chi connectivity index (χ2v) is 1.20. The van der Waals surface area contributed by atoms with Crippen LogP contribution in [0.3, 0.4) is 0 Å². The van der Waals surface area contributed by atoms with Crippen LogP contribution in [0.4, 0.5) is 0 Å². The maximum Gasteiger partial charge on any atom is 2.00 e. The van der Waals surface area contributed by atoms with Crippen molar-refractivity contribution >= 4 is 65.7 Å². The van der Waals surface area contributed by atoms with E-state index in [0.29, 0.717) is 0 Å². The first-order valence-corrected chi connectivity index (χ1v) is 2.76. The van der Waals surface area contributed by atoms with Crippen LogP contribution in [0.5, 0.6) is 0 Å². The van der Waals surface area contributed by atoms with Crippen molar-refractivity contribution in [2.24, 2.45) is 0 Å². The molecule has 0 spiro atoms. The van der Waals surface area contributed by atoms with Crippen molar-refractivity contribution in [1.29, 1.82) is 0 Å². The van der Waals surface area contributed by atoms with E-state index < -0.39 is 14.5 Å². The van der Waals surface area contributed by atoms with E-state index in [2.05, 4.69) is 0 Å². The molecule has 0 unspecified atom stereocenters. The first-order valence-electron chi connectivity index (χ1n) is 0.532. The summed E-state index contributed by atoms with van der Waals surface area (Å²) in [5.41, 5.74) is 0. The van der Waals surface area contributed by atoms with E-state index in [-0.39, 0.29) is 51.2 Å². The molecule has 0 aliphatic heterocycles. The normalized spacial score (nSPS) is 5.83. The van der Waals surface area contributed by atoms with Crippen LogP contribution in [0.25, 0.3) is 0 Å². The number of rotatable bonds is 0. The van der Waals surface area contributed by atoms with Crippen molar-refractivity contribution in [1.82, 2.24) is 0 Å². The maximum atomic E-state index is 8.76. The van der Waals surface area contributed by atoms with Gasteiger partial charge in [0.15, 0.2) is 0 Å². The largest absolute Gasteiger partial charge is 2.00 e. The van der Waals surface area contributed by atoms with Crippen LogP contribution in [-0.4, -0.2) is 60.6 Å². The van der Waals surface area contributed by atoms with Crippen LogP contribution in [0.15, 0.2) is 0 Å². The summed E-state index contributed by atoms with van der Waals surface area (Å²) in [5, 5.41) is 0. The van der Waals surface area contributed by atoms with Gasteiger partial charge in [-0.1, -0.05) is 0 Å². The van der Waals surface area contributed by atoms with E-state index >= 15 is 0 Å². The Morgan fingerprint density at radius 1 is 1.33 bits per heavy atom. The molecule has 0 fully saturated rings. The van der Waals surface area contributed by atoms with Crippen LogP contribution >= 0.6 is 0 Å². The Morgan fingerprint density at radius 2 is 1.33 bits per heavy atom. The molecule has 2 N–H and O–H groups in total. The summed E-state index contributed by atoms with van der Waals surface area (Å²) >= 11 is -3.29. The molecule has 0 saturated carbocycles. The van der Waals surface area contributed by atoms with Gasteiger partial charge in [-0.25, -0.2) is 0 Å². The smallest absolute Gasteiger partial charge is 2.00 e. The van der Waals surface area contributed by atoms with Gasteiger partial charge < -0.3 is 13.5 Å². The summed E-state index contributed by atoms with van der Waals surface area (Å²) in [6.07, 6.45) is 0. The number of hydrogen-bond acceptors (Lipinski definition) is 1. The molecule has 0 rings (SSSR count). The molecule has 6 heavy (non-hydrogen) atoms. The first kappa shape index (κ1) is 15.7. The molecule has 0 aromatic heterocycles. The summed E-state index contributed by atoms with van der Waals surface area (Å²) in [5.74, 6) is 0. The predicted molar refractivity (Wildman–Crippen MR) is 24.0 cm³/mol. The SMILES string of the molecule is O=[Se](O)O.[Ca+2].[S-2]. The standard InChI is InChI=1S/Ca.H2O3Se.S/c;1-4(2)3;/h;(H2,1,2,3);/q+2;;-2. The maximum absolute atomic E-state index is 8.76. The van der Waals surface area contributed by atoms with E-state index in [1.165, 1.54) is 0 Å². The second-order valence-electron chi connectivity index (χ2n) is 0.231. The Hall–Kier alpha value is 1.85. The van der Waals surface area contributed by atoms with Crippen molar-refractivity contribution in [3.05, 3.63) is 0 Å². The van der Waals surface area contributed by atoms with Crippen molar-refractivity contribution in [2.75, 3.05) is 0 Å². The van der Waals surface area contributed by atoms with E-state index in [1.807, 2.05) is 0 Å². The average Bonchev–Trinajstić information content (AvgIpc) is 0.811. The van der Waals surface area contributed by atoms with Gasteiger partial charge in [-0.3, -0.25) is 0 Å². The van der Waals surface area contributed by atoms with Gasteiger partial charge in [-0.05, 0) is 0 Å². The van der Waals surface area contributed by atoms with E-state index in [9.17, 15) is 0 Å². The molecule has 0 aromatic rings. The third kappa shape index (κ3) is 40.2. The first-order chi connectivity index (χ1) is 1.73. The summed E-state index contributed by atoms with van der Waals surface area (Å²) in [6.45, 7) is 0. The van der Waals surface area contributed by atoms with E-state index in [0.717, 1.165) is 0 Å². The molecule has 0 bridgehead atoms. The number of hydrogen-bond donors (Lipinski definition) is 2. The average molecular weight is 201 g/mol. The molecular weight excluding hydrogens is 199 g/mol. The van der Waals surface area contributed by atoms with Crippen LogP contribution in [0.2, 0.25) is 0 Å². The Kier molecular flexibility index (Phi) is 26.0. The van der Waals surface area contributed by atoms with Gasteiger partial charge in [-0.15, -0.1) is 0 Å². The van der Waals surface area contributed by atoms with Crippen LogP contribution in [0, 0.1) is 0 Å². The fourth-order valence-corrected chi connectivity index (χ4v) is 0. The van der Waals surface area contributed by atoms with Crippen LogP contribution in [-0.2, 0) is 17.3 Å². The molecule has 34 valence electrons. The second kappa shape index (κ2) is 9.97. The Balaban J connectivity index is -0.0000000450. The minimum absolute atomic E-state index is 0. The molecule has 0 aliphatic rings. The van der Waals surface area contributed by atoms with Gasteiger partial charge in [0.05, 0.1) is 0 Å². The zero-order valence-electron chi connectivity index (χ0n) is 2.83. The zero-order chi connectivity index (χ0) is 3.58. The molecule has 0 saturated heterocycles. The molecule has 0 aliphatic carbocycles. The van der Waals surface area contributed by atoms with E-state index in [4.69, 9.17) is 12.2 Å². The Bertz CT molecular complexity index is 33.8. The quantitative estimate of drug-likeness (QED) is 0.446. The van der Waals surface area contributed by atoms with Crippen LogP contribution < -0.4 is 0 Å². The van der Waals surface area contributed by atoms with Gasteiger partial charge in [0.2, 0.25) is 0 Å². The van der Waals surface area contributed by atoms with Gasteiger partial charge in [0, 0.05) is 0 Å². The molecule has 0 amide bonds. The Labute approximate surface area is 76.9 Å². The molecule has 3 nitrogen and oxygen atoms in total. The van der Waals surface area contributed by atoms with Crippen molar-refractivity contribution in [3.63, 3.8) is 0 Å². The molecule has 0 aromatic carbocycles. The third-order valence-electron chi connectivity index (χ3n) is 0. The monoisotopic (exact) mass is 202 g/mol. The van der Waals surface area contributed by atoms with Crippen molar-refractivity contribution in [2.45, 2.75) is 0 Å². The van der Waals surface area contributed by atoms with Gasteiger partial charge in [-0.2, -0.15) is 0 Å². The molecular formula is H2CaO3SSe.